The lowest BCUT2D eigenvalue weighted by atomic mass is 9.88. The standard InChI is InChI=1S/C10H19NO/c1-9(2)3-4-10(7-9)8-12-6-5-11-10/h11H,3-8H2,1-2H3. The molecule has 0 aromatic rings. The van der Waals surface area contributed by atoms with Crippen molar-refractivity contribution in [3.8, 4) is 0 Å². The molecule has 2 aliphatic rings. The van der Waals surface area contributed by atoms with E-state index in [4.69, 9.17) is 4.74 Å². The Bertz CT molecular complexity index is 171. The van der Waals surface area contributed by atoms with Crippen LogP contribution in [0.4, 0.5) is 0 Å². The summed E-state index contributed by atoms with van der Waals surface area (Å²) in [5, 5.41) is 3.63. The summed E-state index contributed by atoms with van der Waals surface area (Å²) in [7, 11) is 0. The van der Waals surface area contributed by atoms with Gasteiger partial charge in [0.1, 0.15) is 0 Å². The Morgan fingerprint density at radius 2 is 2.08 bits per heavy atom. The van der Waals surface area contributed by atoms with Crippen molar-refractivity contribution in [1.29, 1.82) is 0 Å². The molecule has 0 bridgehead atoms. The summed E-state index contributed by atoms with van der Waals surface area (Å²) >= 11 is 0. The quantitative estimate of drug-likeness (QED) is 0.594. The maximum absolute atomic E-state index is 5.54. The maximum atomic E-state index is 5.54. The Balaban J connectivity index is 2.03. The zero-order valence-electron chi connectivity index (χ0n) is 8.15. The van der Waals surface area contributed by atoms with Crippen LogP contribution in [0.2, 0.25) is 0 Å². The number of hydrogen-bond donors (Lipinski definition) is 1. The van der Waals surface area contributed by atoms with E-state index in [-0.39, 0.29) is 0 Å². The van der Waals surface area contributed by atoms with Crippen LogP contribution in [0.3, 0.4) is 0 Å². The Morgan fingerprint density at radius 3 is 2.58 bits per heavy atom. The molecule has 1 atom stereocenters. The minimum atomic E-state index is 0.335. The number of hydrogen-bond acceptors (Lipinski definition) is 2. The van der Waals surface area contributed by atoms with E-state index in [2.05, 4.69) is 19.2 Å². The van der Waals surface area contributed by atoms with E-state index >= 15 is 0 Å². The zero-order chi connectivity index (χ0) is 8.66. The van der Waals surface area contributed by atoms with Crippen molar-refractivity contribution in [2.24, 2.45) is 5.41 Å². The fourth-order valence-electron chi connectivity index (χ4n) is 2.65. The highest BCUT2D eigenvalue weighted by atomic mass is 16.5. The first-order chi connectivity index (χ1) is 5.62. The molecule has 1 aliphatic carbocycles. The van der Waals surface area contributed by atoms with Crippen molar-refractivity contribution in [2.45, 2.75) is 38.6 Å². The lowest BCUT2D eigenvalue weighted by molar-refractivity contribution is 0.0258. The largest absolute Gasteiger partial charge is 0.378 e. The molecule has 1 aliphatic heterocycles. The third-order valence-corrected chi connectivity index (χ3v) is 3.22. The van der Waals surface area contributed by atoms with Crippen molar-refractivity contribution in [3.05, 3.63) is 0 Å². The van der Waals surface area contributed by atoms with Crippen LogP contribution in [-0.4, -0.2) is 25.3 Å². The predicted octanol–water partition coefficient (Wildman–Crippen LogP) is 1.56. The summed E-state index contributed by atoms with van der Waals surface area (Å²) < 4.78 is 5.54. The van der Waals surface area contributed by atoms with Gasteiger partial charge in [0.25, 0.3) is 0 Å². The predicted molar refractivity (Wildman–Crippen MR) is 49.2 cm³/mol. The summed E-state index contributed by atoms with van der Waals surface area (Å²) in [5.74, 6) is 0. The van der Waals surface area contributed by atoms with Crippen molar-refractivity contribution in [1.82, 2.24) is 5.32 Å². The minimum Gasteiger partial charge on any atom is -0.378 e. The fraction of sp³-hybridized carbons (Fsp3) is 1.00. The van der Waals surface area contributed by atoms with Gasteiger partial charge in [-0.2, -0.15) is 0 Å². The SMILES string of the molecule is CC1(C)CCC2(COCCN2)C1. The van der Waals surface area contributed by atoms with Gasteiger partial charge in [-0.1, -0.05) is 13.8 Å². The lowest BCUT2D eigenvalue weighted by Crippen LogP contribution is -2.52. The van der Waals surface area contributed by atoms with Gasteiger partial charge in [-0.25, -0.2) is 0 Å². The van der Waals surface area contributed by atoms with Crippen LogP contribution in [0.15, 0.2) is 0 Å². The van der Waals surface area contributed by atoms with Gasteiger partial charge in [-0.15, -0.1) is 0 Å². The van der Waals surface area contributed by atoms with Gasteiger partial charge < -0.3 is 10.1 Å². The van der Waals surface area contributed by atoms with Crippen molar-refractivity contribution < 1.29 is 4.74 Å². The van der Waals surface area contributed by atoms with Gasteiger partial charge in [-0.3, -0.25) is 0 Å². The van der Waals surface area contributed by atoms with E-state index in [0.717, 1.165) is 19.8 Å². The van der Waals surface area contributed by atoms with E-state index in [9.17, 15) is 0 Å². The van der Waals surface area contributed by atoms with Crippen molar-refractivity contribution in [2.75, 3.05) is 19.8 Å². The first-order valence-corrected chi connectivity index (χ1v) is 4.95. The normalized spacial score (nSPS) is 40.5. The molecule has 12 heavy (non-hydrogen) atoms. The third kappa shape index (κ3) is 1.50. The summed E-state index contributed by atoms with van der Waals surface area (Å²) in [5.41, 5.74) is 0.857. The second-order valence-electron chi connectivity index (χ2n) is 5.10. The van der Waals surface area contributed by atoms with Gasteiger partial charge in [0.05, 0.1) is 13.2 Å². The molecule has 2 fully saturated rings. The van der Waals surface area contributed by atoms with Crippen molar-refractivity contribution >= 4 is 0 Å². The molecule has 1 spiro atoms. The van der Waals surface area contributed by atoms with Gasteiger partial charge in [0.2, 0.25) is 0 Å². The minimum absolute atomic E-state index is 0.335. The molecule has 1 saturated carbocycles. The highest BCUT2D eigenvalue weighted by Gasteiger charge is 2.43. The van der Waals surface area contributed by atoms with Gasteiger partial charge in [-0.05, 0) is 24.7 Å². The van der Waals surface area contributed by atoms with Crippen LogP contribution >= 0.6 is 0 Å². The second kappa shape index (κ2) is 2.71. The highest BCUT2D eigenvalue weighted by Crippen LogP contribution is 2.44. The summed E-state index contributed by atoms with van der Waals surface area (Å²) in [4.78, 5) is 0. The van der Waals surface area contributed by atoms with Crippen LogP contribution in [0.1, 0.15) is 33.1 Å². The van der Waals surface area contributed by atoms with E-state index < -0.39 is 0 Å². The zero-order valence-corrected chi connectivity index (χ0v) is 8.15. The maximum Gasteiger partial charge on any atom is 0.0649 e. The average Bonchev–Trinajstić information content (AvgIpc) is 2.29. The van der Waals surface area contributed by atoms with E-state index in [1.807, 2.05) is 0 Å². The van der Waals surface area contributed by atoms with Gasteiger partial charge in [0.15, 0.2) is 0 Å². The fourth-order valence-corrected chi connectivity index (χ4v) is 2.65. The Labute approximate surface area is 74.7 Å². The molecule has 2 nitrogen and oxygen atoms in total. The smallest absolute Gasteiger partial charge is 0.0649 e. The number of nitrogens with one attached hydrogen (secondary N) is 1. The first-order valence-electron chi connectivity index (χ1n) is 4.95. The van der Waals surface area contributed by atoms with Gasteiger partial charge >= 0.3 is 0 Å². The molecular weight excluding hydrogens is 150 g/mol. The number of rotatable bonds is 0. The van der Waals surface area contributed by atoms with E-state index in [1.54, 1.807) is 0 Å². The van der Waals surface area contributed by atoms with E-state index in [0.29, 0.717) is 11.0 Å². The summed E-state index contributed by atoms with van der Waals surface area (Å²) in [6.45, 7) is 7.57. The summed E-state index contributed by atoms with van der Waals surface area (Å²) in [6.07, 6.45) is 3.91. The molecule has 1 saturated heterocycles. The summed E-state index contributed by atoms with van der Waals surface area (Å²) in [6, 6.07) is 0. The second-order valence-corrected chi connectivity index (χ2v) is 5.10. The molecule has 0 radical (unpaired) electrons. The number of ether oxygens (including phenoxy) is 1. The third-order valence-electron chi connectivity index (χ3n) is 3.22. The van der Waals surface area contributed by atoms with Crippen LogP contribution < -0.4 is 5.32 Å². The molecule has 70 valence electrons. The van der Waals surface area contributed by atoms with Crippen LogP contribution in [0, 0.1) is 5.41 Å². The molecule has 1 heterocycles. The molecule has 2 rings (SSSR count). The Hall–Kier alpha value is -0.0800. The molecule has 0 amide bonds. The molecule has 0 aromatic carbocycles. The number of morpholine rings is 1. The Kier molecular flexibility index (Phi) is 1.92. The monoisotopic (exact) mass is 169 g/mol. The van der Waals surface area contributed by atoms with E-state index in [1.165, 1.54) is 19.3 Å². The van der Waals surface area contributed by atoms with Gasteiger partial charge in [0, 0.05) is 12.1 Å². The molecular formula is C10H19NO. The molecule has 1 N–H and O–H groups in total. The molecule has 0 aromatic heterocycles. The molecule has 1 unspecified atom stereocenters. The Morgan fingerprint density at radius 1 is 1.25 bits per heavy atom. The first kappa shape index (κ1) is 8.52. The van der Waals surface area contributed by atoms with Crippen LogP contribution in [0.5, 0.6) is 0 Å². The molecule has 2 heteroatoms. The average molecular weight is 169 g/mol. The highest BCUT2D eigenvalue weighted by molar-refractivity contribution is 5.00. The van der Waals surface area contributed by atoms with Crippen molar-refractivity contribution in [3.63, 3.8) is 0 Å². The lowest BCUT2D eigenvalue weighted by Gasteiger charge is -2.35. The van der Waals surface area contributed by atoms with Crippen LogP contribution in [0.25, 0.3) is 0 Å². The topological polar surface area (TPSA) is 21.3 Å². The van der Waals surface area contributed by atoms with Crippen LogP contribution in [-0.2, 0) is 4.74 Å².